The quantitative estimate of drug-likeness (QED) is 0.562. The second-order valence-corrected chi connectivity index (χ2v) is 13.8. The molecule has 198 valence electrons. The summed E-state index contributed by atoms with van der Waals surface area (Å²) in [5.74, 6) is 1.12. The molecule has 5 N–H and O–H groups in total. The monoisotopic (exact) mass is 496 g/mol. The summed E-state index contributed by atoms with van der Waals surface area (Å²) in [5, 5.41) is 7.53. The highest BCUT2D eigenvalue weighted by atomic mass is 16.5. The summed E-state index contributed by atoms with van der Waals surface area (Å²) in [5.41, 5.74) is 17.7. The van der Waals surface area contributed by atoms with Crippen LogP contribution in [-0.4, -0.2) is 69.3 Å². The zero-order valence-corrected chi connectivity index (χ0v) is 22.9. The smallest absolute Gasteiger partial charge is 0.223 e. The zero-order valence-electron chi connectivity index (χ0n) is 22.9. The largest absolute Gasteiger partial charge is 0.327 e. The first kappa shape index (κ1) is 24.6. The van der Waals surface area contributed by atoms with Gasteiger partial charge in [-0.2, -0.15) is 5.10 Å². The molecule has 2 fully saturated rings. The molecule has 2 aliphatic heterocycles. The fraction of sp³-hybridized carbons (Fsp3) is 0.786. The molecule has 2 aromatic rings. The van der Waals surface area contributed by atoms with Crippen LogP contribution in [0.1, 0.15) is 82.9 Å². The van der Waals surface area contributed by atoms with Gasteiger partial charge in [-0.1, -0.05) is 0 Å². The highest BCUT2D eigenvalue weighted by molar-refractivity contribution is 5.38. The Kier molecular flexibility index (Phi) is 5.55. The Hall–Kier alpha value is -1.74. The van der Waals surface area contributed by atoms with Crippen LogP contribution >= 0.6 is 0 Å². The van der Waals surface area contributed by atoms with Gasteiger partial charge in [-0.05, 0) is 91.2 Å². The molecule has 6 rings (SSSR count). The van der Waals surface area contributed by atoms with E-state index in [-0.39, 0.29) is 34.0 Å². The van der Waals surface area contributed by atoms with Crippen LogP contribution in [0.25, 0.3) is 0 Å². The van der Waals surface area contributed by atoms with E-state index in [1.54, 1.807) is 0 Å². The molecule has 2 atom stereocenters. The van der Waals surface area contributed by atoms with Gasteiger partial charge in [-0.15, -0.1) is 0 Å². The summed E-state index contributed by atoms with van der Waals surface area (Å²) >= 11 is 0. The minimum absolute atomic E-state index is 0.00925. The van der Waals surface area contributed by atoms with Crippen LogP contribution in [0, 0.1) is 0 Å². The van der Waals surface area contributed by atoms with Crippen LogP contribution < -0.4 is 16.2 Å². The minimum atomic E-state index is -0.00925. The maximum Gasteiger partial charge on any atom is 0.223 e. The predicted octanol–water partition coefficient (Wildman–Crippen LogP) is 2.00. The number of hydrogen-bond donors (Lipinski definition) is 3. The highest BCUT2D eigenvalue weighted by Gasteiger charge is 2.53. The molecular formula is C28H46N7O+. The zero-order chi connectivity index (χ0) is 25.5. The number of H-pyrrole nitrogens is 1. The molecule has 2 saturated heterocycles. The van der Waals surface area contributed by atoms with E-state index < -0.39 is 0 Å². The lowest BCUT2D eigenvalue weighted by atomic mass is 9.71. The van der Waals surface area contributed by atoms with Gasteiger partial charge in [0.05, 0.1) is 16.8 Å². The first-order valence-corrected chi connectivity index (χ1v) is 14.0. The fourth-order valence-corrected chi connectivity index (χ4v) is 8.02. The van der Waals surface area contributed by atoms with Crippen molar-refractivity contribution in [1.82, 2.24) is 20.0 Å². The Balaban J connectivity index is 1.15. The molecule has 36 heavy (non-hydrogen) atoms. The first-order chi connectivity index (χ1) is 16.9. The Morgan fingerprint density at radius 1 is 0.944 bits per heavy atom. The van der Waals surface area contributed by atoms with Crippen molar-refractivity contribution in [1.29, 1.82) is 0 Å². The van der Waals surface area contributed by atoms with Crippen LogP contribution in [0.2, 0.25) is 0 Å². The maximum absolute atomic E-state index is 6.77. The third kappa shape index (κ3) is 3.62. The van der Waals surface area contributed by atoms with E-state index in [0.717, 1.165) is 77.0 Å². The second-order valence-electron chi connectivity index (χ2n) is 13.8. The highest BCUT2D eigenvalue weighted by Crippen LogP contribution is 2.47. The normalized spacial score (nSPS) is 28.2. The second kappa shape index (κ2) is 8.13. The van der Waals surface area contributed by atoms with Gasteiger partial charge in [0, 0.05) is 53.1 Å². The van der Waals surface area contributed by atoms with E-state index in [0.29, 0.717) is 0 Å². The first-order valence-electron chi connectivity index (χ1n) is 14.0. The van der Waals surface area contributed by atoms with Crippen molar-refractivity contribution in [2.45, 2.75) is 114 Å². The molecule has 2 aromatic heterocycles. The van der Waals surface area contributed by atoms with Gasteiger partial charge >= 0.3 is 0 Å². The van der Waals surface area contributed by atoms with Crippen LogP contribution in [-0.2, 0) is 30.2 Å². The molecular weight excluding hydrogens is 450 g/mol. The van der Waals surface area contributed by atoms with Crippen molar-refractivity contribution >= 4 is 0 Å². The number of aromatic nitrogens is 3. The van der Waals surface area contributed by atoms with Gasteiger partial charge in [0.15, 0.2) is 5.76 Å². The summed E-state index contributed by atoms with van der Waals surface area (Å²) in [6.45, 7) is 16.8. The van der Waals surface area contributed by atoms with Gasteiger partial charge in [-0.3, -0.25) is 14.9 Å². The van der Waals surface area contributed by atoms with E-state index in [2.05, 4.69) is 71.7 Å². The van der Waals surface area contributed by atoms with Gasteiger partial charge < -0.3 is 11.5 Å². The molecule has 0 amide bonds. The van der Waals surface area contributed by atoms with E-state index in [4.69, 9.17) is 16.0 Å². The van der Waals surface area contributed by atoms with Crippen molar-refractivity contribution in [3.8, 4) is 0 Å². The number of hydrogen-bond acceptors (Lipinski definition) is 6. The Labute approximate surface area is 215 Å². The van der Waals surface area contributed by atoms with E-state index in [9.17, 15) is 0 Å². The molecule has 2 aliphatic carbocycles. The van der Waals surface area contributed by atoms with E-state index in [1.807, 2.05) is 0 Å². The van der Waals surface area contributed by atoms with Crippen LogP contribution in [0.3, 0.4) is 0 Å². The van der Waals surface area contributed by atoms with Crippen molar-refractivity contribution in [3.05, 3.63) is 35.0 Å². The molecule has 0 unspecified atom stereocenters. The average molecular weight is 497 g/mol. The molecule has 8 heteroatoms. The number of rotatable bonds is 3. The lowest BCUT2D eigenvalue weighted by Gasteiger charge is -2.47. The van der Waals surface area contributed by atoms with Gasteiger partial charge in [0.25, 0.3) is 0 Å². The Morgan fingerprint density at radius 3 is 2.17 bits per heavy atom. The Morgan fingerprint density at radius 2 is 1.53 bits per heavy atom. The number of piperidine rings is 2. The van der Waals surface area contributed by atoms with E-state index >= 15 is 0 Å². The fourth-order valence-electron chi connectivity index (χ4n) is 8.02. The van der Waals surface area contributed by atoms with Crippen LogP contribution in [0.4, 0.5) is 0 Å². The summed E-state index contributed by atoms with van der Waals surface area (Å²) in [6, 6.07) is 0.347. The standard InChI is InChI=1S/C28H46N7O/c1-25(2,3)33-10-6-28(7-11-33)20-17-35(36-22(20)15-24(28)30)18-26(4,5)34-12-8-27(9-13-34)19-16-31-32-21(19)14-23(27)29/h16-17,23-24H,6-15,18,29-30H2,1-5H3,(H,31,32)/q+1/t23-,24-/m1/s1. The third-order valence-corrected chi connectivity index (χ3v) is 10.5. The summed E-state index contributed by atoms with van der Waals surface area (Å²) in [7, 11) is 0. The average Bonchev–Trinajstić information content (AvgIpc) is 3.54. The summed E-state index contributed by atoms with van der Waals surface area (Å²) in [4.78, 5) is 5.24. The number of nitrogens with two attached hydrogens (primary N) is 2. The molecule has 4 aliphatic rings. The number of nitrogens with zero attached hydrogens (tertiary/aromatic N) is 4. The number of nitrogens with one attached hydrogen (secondary N) is 1. The van der Waals surface area contributed by atoms with E-state index in [1.165, 1.54) is 16.8 Å². The third-order valence-electron chi connectivity index (χ3n) is 10.5. The molecule has 0 radical (unpaired) electrons. The van der Waals surface area contributed by atoms with Crippen molar-refractivity contribution in [3.63, 3.8) is 0 Å². The summed E-state index contributed by atoms with van der Waals surface area (Å²) in [6.07, 6.45) is 10.6. The topological polar surface area (TPSA) is 104 Å². The molecule has 2 spiro atoms. The van der Waals surface area contributed by atoms with Gasteiger partial charge in [0.2, 0.25) is 12.7 Å². The Bertz CT molecular complexity index is 1110. The minimum Gasteiger partial charge on any atom is -0.327 e. The predicted molar refractivity (Wildman–Crippen MR) is 140 cm³/mol. The maximum atomic E-state index is 6.77. The molecule has 0 aromatic carbocycles. The lowest BCUT2D eigenvalue weighted by Crippen LogP contribution is -2.59. The lowest BCUT2D eigenvalue weighted by molar-refractivity contribution is -0.870. The number of aromatic amines is 1. The van der Waals surface area contributed by atoms with Crippen molar-refractivity contribution in [2.75, 3.05) is 26.2 Å². The van der Waals surface area contributed by atoms with Crippen LogP contribution in [0.15, 0.2) is 16.9 Å². The van der Waals surface area contributed by atoms with Crippen molar-refractivity contribution < 1.29 is 9.26 Å². The summed E-state index contributed by atoms with van der Waals surface area (Å²) < 4.78 is 8.56. The van der Waals surface area contributed by atoms with Crippen LogP contribution in [0.5, 0.6) is 0 Å². The molecule has 8 nitrogen and oxygen atoms in total. The van der Waals surface area contributed by atoms with Crippen molar-refractivity contribution in [2.24, 2.45) is 11.5 Å². The number of likely N-dealkylation sites (tertiary alicyclic amines) is 2. The molecule has 0 saturated carbocycles. The molecule has 0 bridgehead atoms. The van der Waals surface area contributed by atoms with Gasteiger partial charge in [-0.25, -0.2) is 4.52 Å². The number of fused-ring (bicyclic) bond motifs is 4. The van der Waals surface area contributed by atoms with Gasteiger partial charge in [0.1, 0.15) is 0 Å². The SMILES string of the molecule is CC(C)(C)N1CCC2(CC1)c1c[n+](CC(C)(C)N3CCC4(CC3)c3c[nH]nc3C[C@H]4N)oc1C[C@H]2N. The molecule has 4 heterocycles.